The van der Waals surface area contributed by atoms with Crippen molar-refractivity contribution in [1.82, 2.24) is 5.43 Å². The first-order chi connectivity index (χ1) is 5.45. The van der Waals surface area contributed by atoms with Crippen molar-refractivity contribution in [2.24, 2.45) is 16.8 Å². The molecule has 2 unspecified atom stereocenters. The van der Waals surface area contributed by atoms with Crippen LogP contribution in [0.4, 0.5) is 4.79 Å². The van der Waals surface area contributed by atoms with Crippen LogP contribution in [-0.4, -0.2) is 23.0 Å². The molecule has 0 aromatic heterocycles. The Morgan fingerprint density at radius 1 is 1.58 bits per heavy atom. The van der Waals surface area contributed by atoms with Crippen LogP contribution in [0.1, 0.15) is 20.8 Å². The van der Waals surface area contributed by atoms with Crippen LogP contribution in [0, 0.1) is 5.92 Å². The number of rotatable bonds is 3. The largest absolute Gasteiger partial charge is 0.393 e. The lowest BCUT2D eigenvalue weighted by Crippen LogP contribution is -2.28. The molecule has 4 N–H and O–H groups in total. The summed E-state index contributed by atoms with van der Waals surface area (Å²) in [4.78, 5) is 10.2. The summed E-state index contributed by atoms with van der Waals surface area (Å²) >= 11 is 0. The van der Waals surface area contributed by atoms with E-state index >= 15 is 0 Å². The molecular formula is C7H15N3O2. The standard InChI is InChI=1S/C7H15N3O2/c1-4(6(3)11)5(2)9-10-7(8)12/h4,6,11H,1-3H3,(H3,8,10,12)/b9-5+. The second-order valence-corrected chi connectivity index (χ2v) is 2.76. The maximum absolute atomic E-state index is 10.2. The van der Waals surface area contributed by atoms with E-state index in [4.69, 9.17) is 10.8 Å². The Morgan fingerprint density at radius 3 is 2.42 bits per heavy atom. The van der Waals surface area contributed by atoms with Gasteiger partial charge in [0, 0.05) is 11.6 Å². The van der Waals surface area contributed by atoms with Crippen molar-refractivity contribution in [1.29, 1.82) is 0 Å². The quantitative estimate of drug-likeness (QED) is 0.416. The summed E-state index contributed by atoms with van der Waals surface area (Å²) in [7, 11) is 0. The SMILES string of the molecule is C/C(=N\NC(N)=O)C(C)C(C)O. The van der Waals surface area contributed by atoms with Crippen molar-refractivity contribution in [3.05, 3.63) is 0 Å². The van der Waals surface area contributed by atoms with Crippen molar-refractivity contribution >= 4 is 11.7 Å². The Labute approximate surface area is 71.6 Å². The molecule has 0 aliphatic carbocycles. The molecule has 0 heterocycles. The van der Waals surface area contributed by atoms with E-state index in [9.17, 15) is 4.79 Å². The Morgan fingerprint density at radius 2 is 2.08 bits per heavy atom. The van der Waals surface area contributed by atoms with E-state index in [0.717, 1.165) is 0 Å². The maximum atomic E-state index is 10.2. The van der Waals surface area contributed by atoms with Crippen LogP contribution in [-0.2, 0) is 0 Å². The average Bonchev–Trinajstić information content (AvgIpc) is 1.98. The van der Waals surface area contributed by atoms with Crippen LogP contribution < -0.4 is 11.2 Å². The molecule has 5 nitrogen and oxygen atoms in total. The molecule has 0 radical (unpaired) electrons. The lowest BCUT2D eigenvalue weighted by Gasteiger charge is -2.13. The van der Waals surface area contributed by atoms with Crippen LogP contribution in [0.2, 0.25) is 0 Å². The van der Waals surface area contributed by atoms with Gasteiger partial charge in [0.05, 0.1) is 6.10 Å². The van der Waals surface area contributed by atoms with Crippen LogP contribution in [0.3, 0.4) is 0 Å². The number of hydrazone groups is 1. The smallest absolute Gasteiger partial charge is 0.332 e. The highest BCUT2D eigenvalue weighted by Gasteiger charge is 2.11. The second kappa shape index (κ2) is 4.71. The van der Waals surface area contributed by atoms with Gasteiger partial charge in [0.25, 0.3) is 0 Å². The summed E-state index contributed by atoms with van der Waals surface area (Å²) in [5.74, 6) is -0.0863. The number of aliphatic hydroxyl groups excluding tert-OH is 1. The molecule has 5 heteroatoms. The van der Waals surface area contributed by atoms with Gasteiger partial charge in [-0.15, -0.1) is 0 Å². The fraction of sp³-hybridized carbons (Fsp3) is 0.714. The molecule has 12 heavy (non-hydrogen) atoms. The number of hydrogen-bond acceptors (Lipinski definition) is 3. The summed E-state index contributed by atoms with van der Waals surface area (Å²) < 4.78 is 0. The minimum Gasteiger partial charge on any atom is -0.393 e. The van der Waals surface area contributed by atoms with Crippen LogP contribution >= 0.6 is 0 Å². The number of aliphatic hydroxyl groups is 1. The molecular weight excluding hydrogens is 158 g/mol. The lowest BCUT2D eigenvalue weighted by molar-refractivity contribution is 0.164. The molecule has 0 rings (SSSR count). The Kier molecular flexibility index (Phi) is 4.28. The topological polar surface area (TPSA) is 87.7 Å². The highest BCUT2D eigenvalue weighted by atomic mass is 16.3. The average molecular weight is 173 g/mol. The third kappa shape index (κ3) is 3.92. The number of nitrogens with two attached hydrogens (primary N) is 1. The zero-order chi connectivity index (χ0) is 9.72. The van der Waals surface area contributed by atoms with Gasteiger partial charge in [-0.2, -0.15) is 5.10 Å². The third-order valence-corrected chi connectivity index (χ3v) is 1.73. The minimum absolute atomic E-state index is 0.0863. The Bertz CT molecular complexity index is 189. The molecule has 0 spiro atoms. The second-order valence-electron chi connectivity index (χ2n) is 2.76. The molecule has 2 amide bonds. The van der Waals surface area contributed by atoms with Gasteiger partial charge >= 0.3 is 6.03 Å². The molecule has 2 atom stereocenters. The lowest BCUT2D eigenvalue weighted by atomic mass is 10.0. The van der Waals surface area contributed by atoms with Gasteiger partial charge in [-0.05, 0) is 13.8 Å². The number of carbonyl (C=O) groups excluding carboxylic acids is 1. The number of amides is 2. The van der Waals surface area contributed by atoms with Gasteiger partial charge in [0.15, 0.2) is 0 Å². The Hall–Kier alpha value is -1.10. The van der Waals surface area contributed by atoms with Gasteiger partial charge in [-0.3, -0.25) is 0 Å². The summed E-state index contributed by atoms with van der Waals surface area (Å²) in [5, 5.41) is 12.8. The number of carbonyl (C=O) groups is 1. The van der Waals surface area contributed by atoms with Gasteiger partial charge in [-0.1, -0.05) is 6.92 Å². The summed E-state index contributed by atoms with van der Waals surface area (Å²) in [6, 6.07) is -0.702. The molecule has 0 fully saturated rings. The molecule has 0 aliphatic heterocycles. The van der Waals surface area contributed by atoms with E-state index in [1.165, 1.54) is 0 Å². The fourth-order valence-electron chi connectivity index (χ4n) is 0.594. The van der Waals surface area contributed by atoms with Gasteiger partial charge in [0.2, 0.25) is 0 Å². The number of hydrogen-bond donors (Lipinski definition) is 3. The van der Waals surface area contributed by atoms with Crippen molar-refractivity contribution in [2.75, 3.05) is 0 Å². The number of urea groups is 1. The van der Waals surface area contributed by atoms with Crippen LogP contribution in [0.5, 0.6) is 0 Å². The fourth-order valence-corrected chi connectivity index (χ4v) is 0.594. The van der Waals surface area contributed by atoms with Gasteiger partial charge < -0.3 is 10.8 Å². The maximum Gasteiger partial charge on any atom is 0.332 e. The zero-order valence-electron chi connectivity index (χ0n) is 7.53. The van der Waals surface area contributed by atoms with E-state index in [-0.39, 0.29) is 5.92 Å². The van der Waals surface area contributed by atoms with E-state index in [1.807, 2.05) is 6.92 Å². The van der Waals surface area contributed by atoms with Gasteiger partial charge in [0.1, 0.15) is 0 Å². The predicted molar refractivity (Wildman–Crippen MR) is 46.7 cm³/mol. The van der Waals surface area contributed by atoms with Crippen LogP contribution in [0.15, 0.2) is 5.10 Å². The molecule has 0 aromatic carbocycles. The summed E-state index contributed by atoms with van der Waals surface area (Å²) in [6.45, 7) is 5.19. The third-order valence-electron chi connectivity index (χ3n) is 1.73. The van der Waals surface area contributed by atoms with Gasteiger partial charge in [-0.25, -0.2) is 10.2 Å². The van der Waals surface area contributed by atoms with Crippen molar-refractivity contribution < 1.29 is 9.90 Å². The zero-order valence-corrected chi connectivity index (χ0v) is 7.53. The monoisotopic (exact) mass is 173 g/mol. The highest BCUT2D eigenvalue weighted by Crippen LogP contribution is 2.03. The van der Waals surface area contributed by atoms with Crippen LogP contribution in [0.25, 0.3) is 0 Å². The molecule has 70 valence electrons. The normalized spacial score (nSPS) is 16.8. The van der Waals surface area contributed by atoms with Crippen molar-refractivity contribution in [3.8, 4) is 0 Å². The molecule has 0 saturated carbocycles. The Balaban J connectivity index is 4.08. The minimum atomic E-state index is -0.702. The van der Waals surface area contributed by atoms with E-state index < -0.39 is 12.1 Å². The first-order valence-electron chi connectivity index (χ1n) is 3.72. The molecule has 0 aliphatic rings. The van der Waals surface area contributed by atoms with Crippen molar-refractivity contribution in [3.63, 3.8) is 0 Å². The van der Waals surface area contributed by atoms with E-state index in [2.05, 4.69) is 10.5 Å². The van der Waals surface area contributed by atoms with Crippen molar-refractivity contribution in [2.45, 2.75) is 26.9 Å². The predicted octanol–water partition coefficient (Wildman–Crippen LogP) is 0.0475. The first-order valence-corrected chi connectivity index (χ1v) is 3.72. The van der Waals surface area contributed by atoms with E-state index in [0.29, 0.717) is 5.71 Å². The highest BCUT2D eigenvalue weighted by molar-refractivity contribution is 5.85. The summed E-state index contributed by atoms with van der Waals surface area (Å²) in [6.07, 6.45) is -0.483. The number of nitrogens with zero attached hydrogens (tertiary/aromatic N) is 1. The molecule has 0 saturated heterocycles. The first kappa shape index (κ1) is 10.9. The molecule has 0 bridgehead atoms. The number of primary amides is 1. The molecule has 0 aromatic rings. The summed E-state index contributed by atoms with van der Waals surface area (Å²) in [5.41, 5.74) is 7.54. The van der Waals surface area contributed by atoms with E-state index in [1.54, 1.807) is 13.8 Å². The number of nitrogens with one attached hydrogen (secondary N) is 1.